The molecule has 1 aromatic heterocycles. The average molecular weight is 241 g/mol. The summed E-state index contributed by atoms with van der Waals surface area (Å²) in [6.07, 6.45) is 2.04. The lowest BCUT2D eigenvalue weighted by molar-refractivity contribution is -0.385. The number of aliphatic hydroxyl groups excluding tert-OH is 1. The van der Waals surface area contributed by atoms with E-state index in [0.29, 0.717) is 31.7 Å². The summed E-state index contributed by atoms with van der Waals surface area (Å²) in [5.74, 6) is -0.0833. The molecule has 1 aliphatic heterocycles. The van der Waals surface area contributed by atoms with Crippen molar-refractivity contribution < 1.29 is 14.8 Å². The van der Waals surface area contributed by atoms with Crippen LogP contribution in [-0.4, -0.2) is 39.1 Å². The zero-order valence-corrected chi connectivity index (χ0v) is 9.57. The Morgan fingerprint density at radius 1 is 1.59 bits per heavy atom. The average Bonchev–Trinajstić information content (AvgIpc) is 2.52. The minimum Gasteiger partial charge on any atom is -0.391 e. The smallest absolute Gasteiger partial charge is 0.310 e. The number of nitrogens with zero attached hydrogens (tertiary/aromatic N) is 3. The molecule has 7 nitrogen and oxygen atoms in total. The van der Waals surface area contributed by atoms with Crippen molar-refractivity contribution in [1.29, 1.82) is 0 Å². The molecule has 0 spiro atoms. The Morgan fingerprint density at radius 3 is 3.06 bits per heavy atom. The molecule has 94 valence electrons. The van der Waals surface area contributed by atoms with E-state index in [0.717, 1.165) is 0 Å². The summed E-state index contributed by atoms with van der Waals surface area (Å²) in [6.45, 7) is 0.680. The topological polar surface area (TPSA) is 90.4 Å². The zero-order valence-electron chi connectivity index (χ0n) is 9.57. The van der Waals surface area contributed by atoms with Gasteiger partial charge in [0, 0.05) is 13.0 Å². The van der Waals surface area contributed by atoms with Crippen LogP contribution >= 0.6 is 0 Å². The molecular weight excluding hydrogens is 226 g/mol. The molecule has 17 heavy (non-hydrogen) atoms. The highest BCUT2D eigenvalue weighted by Crippen LogP contribution is 2.31. The molecule has 1 saturated heterocycles. The van der Waals surface area contributed by atoms with Gasteiger partial charge in [0.05, 0.1) is 24.2 Å². The van der Waals surface area contributed by atoms with Crippen molar-refractivity contribution in [3.05, 3.63) is 22.0 Å². The van der Waals surface area contributed by atoms with E-state index >= 15 is 0 Å². The highest BCUT2D eigenvalue weighted by Gasteiger charge is 2.29. The molecule has 0 unspecified atom stereocenters. The Balaban J connectivity index is 2.26. The van der Waals surface area contributed by atoms with Gasteiger partial charge >= 0.3 is 5.69 Å². The van der Waals surface area contributed by atoms with Crippen molar-refractivity contribution in [3.8, 4) is 0 Å². The van der Waals surface area contributed by atoms with Crippen LogP contribution in [0.15, 0.2) is 6.20 Å². The maximum Gasteiger partial charge on any atom is 0.310 e. The maximum absolute atomic E-state index is 10.9. The van der Waals surface area contributed by atoms with Crippen LogP contribution in [0.2, 0.25) is 0 Å². The molecule has 2 atom stereocenters. The van der Waals surface area contributed by atoms with Crippen LogP contribution in [-0.2, 0) is 11.8 Å². The molecule has 0 saturated carbocycles. The first-order valence-electron chi connectivity index (χ1n) is 5.51. The molecule has 0 radical (unpaired) electrons. The number of hydrogen-bond donors (Lipinski definition) is 1. The molecule has 2 rings (SSSR count). The van der Waals surface area contributed by atoms with Crippen molar-refractivity contribution >= 4 is 5.69 Å². The van der Waals surface area contributed by atoms with Crippen molar-refractivity contribution in [1.82, 2.24) is 9.78 Å². The standard InChI is InChI=1S/C10H15N3O4/c1-12-10(9(4-11-12)13(15)16)7-2-3-8(14)6-17-5-7/h4,7-8,14H,2-3,5-6H2,1H3/t7-,8-/m0/s1. The van der Waals surface area contributed by atoms with Gasteiger partial charge in [0.2, 0.25) is 0 Å². The summed E-state index contributed by atoms with van der Waals surface area (Å²) in [4.78, 5) is 10.5. The van der Waals surface area contributed by atoms with Crippen LogP contribution in [0.3, 0.4) is 0 Å². The summed E-state index contributed by atoms with van der Waals surface area (Å²) in [7, 11) is 1.68. The van der Waals surface area contributed by atoms with Gasteiger partial charge < -0.3 is 9.84 Å². The first-order valence-corrected chi connectivity index (χ1v) is 5.51. The third kappa shape index (κ3) is 2.45. The fourth-order valence-corrected chi connectivity index (χ4v) is 2.17. The minimum atomic E-state index is -0.479. The normalized spacial score (nSPS) is 25.5. The molecule has 1 N–H and O–H groups in total. The second-order valence-electron chi connectivity index (χ2n) is 4.26. The number of rotatable bonds is 2. The zero-order chi connectivity index (χ0) is 12.4. The Labute approximate surface area is 98.1 Å². The number of hydrogen-bond acceptors (Lipinski definition) is 5. The molecule has 0 aromatic carbocycles. The second-order valence-corrected chi connectivity index (χ2v) is 4.26. The molecule has 7 heteroatoms. The molecule has 0 amide bonds. The van der Waals surface area contributed by atoms with E-state index in [9.17, 15) is 15.2 Å². The van der Waals surface area contributed by atoms with Gasteiger partial charge in [0.25, 0.3) is 0 Å². The molecule has 1 aliphatic rings. The lowest BCUT2D eigenvalue weighted by atomic mass is 9.98. The lowest BCUT2D eigenvalue weighted by Crippen LogP contribution is -2.12. The van der Waals surface area contributed by atoms with E-state index < -0.39 is 11.0 Å². The SMILES string of the molecule is Cn1ncc([N+](=O)[O-])c1[C@H]1CC[C@H](O)COC1. The van der Waals surface area contributed by atoms with Crippen LogP contribution in [0.25, 0.3) is 0 Å². The van der Waals surface area contributed by atoms with Crippen molar-refractivity contribution in [2.24, 2.45) is 7.05 Å². The summed E-state index contributed by atoms with van der Waals surface area (Å²) < 4.78 is 6.84. The minimum absolute atomic E-state index is 0.0255. The monoisotopic (exact) mass is 241 g/mol. The highest BCUT2D eigenvalue weighted by molar-refractivity contribution is 5.36. The van der Waals surface area contributed by atoms with Crippen molar-refractivity contribution in [3.63, 3.8) is 0 Å². The second kappa shape index (κ2) is 4.80. The van der Waals surface area contributed by atoms with E-state index in [2.05, 4.69) is 5.10 Å². The highest BCUT2D eigenvalue weighted by atomic mass is 16.6. The number of aryl methyl sites for hydroxylation is 1. The largest absolute Gasteiger partial charge is 0.391 e. The quantitative estimate of drug-likeness (QED) is 0.604. The fourth-order valence-electron chi connectivity index (χ4n) is 2.17. The number of aromatic nitrogens is 2. The fraction of sp³-hybridized carbons (Fsp3) is 0.700. The van der Waals surface area contributed by atoms with Gasteiger partial charge in [0.1, 0.15) is 11.9 Å². The summed E-state index contributed by atoms with van der Waals surface area (Å²) in [5, 5.41) is 24.3. The van der Waals surface area contributed by atoms with Gasteiger partial charge in [-0.25, -0.2) is 0 Å². The van der Waals surface area contributed by atoms with Gasteiger partial charge in [-0.05, 0) is 12.8 Å². The third-order valence-electron chi connectivity index (χ3n) is 3.03. The predicted molar refractivity (Wildman–Crippen MR) is 58.7 cm³/mol. The van der Waals surface area contributed by atoms with Crippen LogP contribution in [0.1, 0.15) is 24.5 Å². The first kappa shape index (κ1) is 12.0. The number of aliphatic hydroxyl groups is 1. The van der Waals surface area contributed by atoms with Crippen LogP contribution in [0.4, 0.5) is 5.69 Å². The van der Waals surface area contributed by atoms with Gasteiger partial charge in [-0.1, -0.05) is 0 Å². The number of ether oxygens (including phenoxy) is 1. The van der Waals surface area contributed by atoms with E-state index in [1.54, 1.807) is 7.05 Å². The Bertz CT molecular complexity index is 418. The summed E-state index contributed by atoms with van der Waals surface area (Å²) in [5.41, 5.74) is 0.599. The summed E-state index contributed by atoms with van der Waals surface area (Å²) >= 11 is 0. The molecule has 1 aromatic rings. The van der Waals surface area contributed by atoms with Crippen LogP contribution < -0.4 is 0 Å². The predicted octanol–water partition coefficient (Wildman–Crippen LogP) is 0.583. The van der Waals surface area contributed by atoms with Crippen molar-refractivity contribution in [2.75, 3.05) is 13.2 Å². The Kier molecular flexibility index (Phi) is 3.39. The van der Waals surface area contributed by atoms with Gasteiger partial charge in [-0.3, -0.25) is 14.8 Å². The van der Waals surface area contributed by atoms with Gasteiger partial charge in [0.15, 0.2) is 0 Å². The maximum atomic E-state index is 10.9. The lowest BCUT2D eigenvalue weighted by Gasteiger charge is -2.13. The van der Waals surface area contributed by atoms with E-state index in [1.165, 1.54) is 10.9 Å². The van der Waals surface area contributed by atoms with Crippen molar-refractivity contribution in [2.45, 2.75) is 24.9 Å². The van der Waals surface area contributed by atoms with Gasteiger partial charge in [-0.2, -0.15) is 5.10 Å². The van der Waals surface area contributed by atoms with Crippen LogP contribution in [0, 0.1) is 10.1 Å². The molecule has 1 fully saturated rings. The Morgan fingerprint density at radius 2 is 2.35 bits per heavy atom. The van der Waals surface area contributed by atoms with E-state index in [4.69, 9.17) is 4.74 Å². The number of nitro groups is 1. The molecule has 0 aliphatic carbocycles. The Hall–Kier alpha value is -1.47. The van der Waals surface area contributed by atoms with E-state index in [1.807, 2.05) is 0 Å². The van der Waals surface area contributed by atoms with Crippen LogP contribution in [0.5, 0.6) is 0 Å². The first-order chi connectivity index (χ1) is 8.09. The molecule has 2 heterocycles. The van der Waals surface area contributed by atoms with Gasteiger partial charge in [-0.15, -0.1) is 0 Å². The third-order valence-corrected chi connectivity index (χ3v) is 3.03. The molecule has 0 bridgehead atoms. The van der Waals surface area contributed by atoms with E-state index in [-0.39, 0.29) is 11.6 Å². The summed E-state index contributed by atoms with van der Waals surface area (Å²) in [6, 6.07) is 0. The molecular formula is C10H15N3O4.